The molecule has 0 radical (unpaired) electrons. The van der Waals surface area contributed by atoms with E-state index in [0.29, 0.717) is 0 Å². The van der Waals surface area contributed by atoms with Gasteiger partial charge in [0, 0.05) is 5.69 Å². The summed E-state index contributed by atoms with van der Waals surface area (Å²) >= 11 is 0. The molecule has 0 unspecified atom stereocenters. The van der Waals surface area contributed by atoms with E-state index in [1.807, 2.05) is 0 Å². The third kappa shape index (κ3) is 10.4. The minimum atomic E-state index is 0. The van der Waals surface area contributed by atoms with Crippen molar-refractivity contribution in [1.82, 2.24) is 10.2 Å². The topological polar surface area (TPSA) is 28.7 Å². The van der Waals surface area contributed by atoms with E-state index in [1.54, 1.807) is 0 Å². The van der Waals surface area contributed by atoms with Gasteiger partial charge in [0.25, 0.3) is 0 Å². The summed E-state index contributed by atoms with van der Waals surface area (Å²) in [6.45, 7) is 4.55. The van der Waals surface area contributed by atoms with Crippen LogP contribution >= 0.6 is 17.0 Å². The Kier molecular flexibility index (Phi) is 15.4. The molecule has 0 atom stereocenters. The molecular weight excluding hydrogens is 336 g/mol. The first-order valence-corrected chi connectivity index (χ1v) is 9.39. The van der Waals surface area contributed by atoms with Crippen LogP contribution in [-0.4, -0.2) is 10.2 Å². The molecule has 0 bridgehead atoms. The molecule has 1 heterocycles. The number of hydrogen-bond acceptors (Lipinski definition) is 1. The highest BCUT2D eigenvalue weighted by molar-refractivity contribution is 8.93. The molecule has 1 aromatic heterocycles. The van der Waals surface area contributed by atoms with Gasteiger partial charge in [-0.25, -0.2) is 0 Å². The first-order chi connectivity index (χ1) is 10.4. The molecule has 0 saturated heterocycles. The van der Waals surface area contributed by atoms with Gasteiger partial charge < -0.3 is 0 Å². The first kappa shape index (κ1) is 21.7. The van der Waals surface area contributed by atoms with Gasteiger partial charge in [-0.1, -0.05) is 78.1 Å². The van der Waals surface area contributed by atoms with Crippen molar-refractivity contribution in [3.63, 3.8) is 0 Å². The molecule has 1 rings (SSSR count). The van der Waals surface area contributed by atoms with E-state index in [9.17, 15) is 0 Å². The van der Waals surface area contributed by atoms with E-state index in [4.69, 9.17) is 0 Å². The lowest BCUT2D eigenvalue weighted by atomic mass is 10.0. The number of halogens is 1. The third-order valence-corrected chi connectivity index (χ3v) is 4.39. The van der Waals surface area contributed by atoms with Crippen molar-refractivity contribution in [3.05, 3.63) is 17.5 Å². The van der Waals surface area contributed by atoms with Crippen molar-refractivity contribution in [1.29, 1.82) is 0 Å². The number of nitrogens with one attached hydrogen (secondary N) is 1. The minimum Gasteiger partial charge on any atom is -0.282 e. The number of rotatable bonds is 14. The molecule has 0 fully saturated rings. The second-order valence-corrected chi connectivity index (χ2v) is 6.41. The van der Waals surface area contributed by atoms with Gasteiger partial charge in [0.15, 0.2) is 0 Å². The number of nitrogens with zero attached hydrogens (tertiary/aromatic N) is 1. The normalized spacial score (nSPS) is 10.6. The van der Waals surface area contributed by atoms with E-state index in [2.05, 4.69) is 30.2 Å². The maximum atomic E-state index is 4.25. The average molecular weight is 373 g/mol. The molecule has 3 heteroatoms. The van der Waals surface area contributed by atoms with Crippen LogP contribution in [-0.2, 0) is 12.8 Å². The summed E-state index contributed by atoms with van der Waals surface area (Å²) in [5, 5.41) is 7.47. The van der Waals surface area contributed by atoms with Crippen LogP contribution in [0.25, 0.3) is 0 Å². The van der Waals surface area contributed by atoms with Crippen LogP contribution in [0.3, 0.4) is 0 Å². The zero-order valence-corrected chi connectivity index (χ0v) is 16.5. The molecule has 130 valence electrons. The largest absolute Gasteiger partial charge is 0.282 e. The van der Waals surface area contributed by atoms with Crippen LogP contribution in [0, 0.1) is 0 Å². The Labute approximate surface area is 148 Å². The number of aromatic nitrogens is 2. The molecule has 0 spiro atoms. The standard InChI is InChI=1S/C19H36N2.BrH/c1-3-5-7-9-11-13-15-18-17-20-21-19(18)16-14-12-10-8-6-4-2;/h17H,3-16H2,1-2H3,(H,20,21);1H. The third-order valence-electron chi connectivity index (χ3n) is 4.39. The first-order valence-electron chi connectivity index (χ1n) is 9.39. The Morgan fingerprint density at radius 2 is 1.23 bits per heavy atom. The second kappa shape index (κ2) is 15.6. The highest BCUT2D eigenvalue weighted by Gasteiger charge is 2.04. The Bertz CT molecular complexity index is 305. The number of H-pyrrole nitrogens is 1. The van der Waals surface area contributed by atoms with Crippen molar-refractivity contribution in [3.8, 4) is 0 Å². The fourth-order valence-electron chi connectivity index (χ4n) is 2.95. The predicted octanol–water partition coefficient (Wildman–Crippen LogP) is 6.79. The van der Waals surface area contributed by atoms with Gasteiger partial charge in [-0.2, -0.15) is 5.10 Å². The van der Waals surface area contributed by atoms with E-state index in [1.165, 1.54) is 101 Å². The van der Waals surface area contributed by atoms with Crippen LogP contribution in [0.4, 0.5) is 0 Å². The number of hydrogen-bond donors (Lipinski definition) is 1. The van der Waals surface area contributed by atoms with Gasteiger partial charge in [-0.05, 0) is 31.2 Å². The predicted molar refractivity (Wildman–Crippen MR) is 103 cm³/mol. The van der Waals surface area contributed by atoms with E-state index < -0.39 is 0 Å². The fraction of sp³-hybridized carbons (Fsp3) is 0.842. The molecule has 22 heavy (non-hydrogen) atoms. The van der Waals surface area contributed by atoms with Crippen LogP contribution in [0.2, 0.25) is 0 Å². The number of aromatic amines is 1. The summed E-state index contributed by atoms with van der Waals surface area (Å²) in [5.74, 6) is 0. The molecule has 0 aromatic carbocycles. The van der Waals surface area contributed by atoms with Gasteiger partial charge in [0.1, 0.15) is 0 Å². The maximum Gasteiger partial charge on any atom is 0.0522 e. The molecule has 0 amide bonds. The molecular formula is C19H37BrN2. The molecule has 0 aliphatic heterocycles. The summed E-state index contributed by atoms with van der Waals surface area (Å²) in [5.41, 5.74) is 2.87. The van der Waals surface area contributed by atoms with Crippen LogP contribution in [0.5, 0.6) is 0 Å². The zero-order chi connectivity index (χ0) is 15.2. The molecule has 1 N–H and O–H groups in total. The van der Waals surface area contributed by atoms with E-state index in [0.717, 1.165) is 0 Å². The highest BCUT2D eigenvalue weighted by Crippen LogP contribution is 2.15. The SMILES string of the molecule is Br.CCCCCCCCc1cn[nH]c1CCCCCCCC. The van der Waals surface area contributed by atoms with Crippen molar-refractivity contribution in [2.45, 2.75) is 104 Å². The zero-order valence-electron chi connectivity index (χ0n) is 14.8. The van der Waals surface area contributed by atoms with Crippen molar-refractivity contribution >= 4 is 17.0 Å². The Morgan fingerprint density at radius 1 is 0.727 bits per heavy atom. The Morgan fingerprint density at radius 3 is 1.82 bits per heavy atom. The van der Waals surface area contributed by atoms with Crippen molar-refractivity contribution in [2.24, 2.45) is 0 Å². The fourth-order valence-corrected chi connectivity index (χ4v) is 2.95. The molecule has 2 nitrogen and oxygen atoms in total. The number of unbranched alkanes of at least 4 members (excludes halogenated alkanes) is 10. The van der Waals surface area contributed by atoms with Crippen LogP contribution in [0.1, 0.15) is 102 Å². The second-order valence-electron chi connectivity index (χ2n) is 6.41. The van der Waals surface area contributed by atoms with Crippen molar-refractivity contribution in [2.75, 3.05) is 0 Å². The van der Waals surface area contributed by atoms with Crippen LogP contribution in [0.15, 0.2) is 6.20 Å². The van der Waals surface area contributed by atoms with E-state index >= 15 is 0 Å². The Balaban J connectivity index is 0.00000441. The molecule has 0 aliphatic rings. The lowest BCUT2D eigenvalue weighted by Gasteiger charge is -2.04. The Hall–Kier alpha value is -0.310. The molecule has 1 aromatic rings. The summed E-state index contributed by atoms with van der Waals surface area (Å²) in [4.78, 5) is 0. The van der Waals surface area contributed by atoms with Gasteiger partial charge in [0.2, 0.25) is 0 Å². The molecule has 0 saturated carbocycles. The summed E-state index contributed by atoms with van der Waals surface area (Å²) in [6.07, 6.45) is 20.9. The minimum absolute atomic E-state index is 0. The summed E-state index contributed by atoms with van der Waals surface area (Å²) < 4.78 is 0. The number of aryl methyl sites for hydroxylation is 2. The lowest BCUT2D eigenvalue weighted by molar-refractivity contribution is 0.597. The van der Waals surface area contributed by atoms with Gasteiger partial charge in [0.05, 0.1) is 6.20 Å². The van der Waals surface area contributed by atoms with Gasteiger partial charge in [-0.3, -0.25) is 5.10 Å². The summed E-state index contributed by atoms with van der Waals surface area (Å²) in [7, 11) is 0. The van der Waals surface area contributed by atoms with Gasteiger partial charge in [-0.15, -0.1) is 17.0 Å². The maximum absolute atomic E-state index is 4.25. The van der Waals surface area contributed by atoms with E-state index in [-0.39, 0.29) is 17.0 Å². The summed E-state index contributed by atoms with van der Waals surface area (Å²) in [6, 6.07) is 0. The van der Waals surface area contributed by atoms with Gasteiger partial charge >= 0.3 is 0 Å². The van der Waals surface area contributed by atoms with Crippen molar-refractivity contribution < 1.29 is 0 Å². The smallest absolute Gasteiger partial charge is 0.0522 e. The quantitative estimate of drug-likeness (QED) is 0.357. The highest BCUT2D eigenvalue weighted by atomic mass is 79.9. The van der Waals surface area contributed by atoms with Crippen LogP contribution < -0.4 is 0 Å². The monoisotopic (exact) mass is 372 g/mol. The molecule has 0 aliphatic carbocycles. The lowest BCUT2D eigenvalue weighted by Crippen LogP contribution is -1.94. The average Bonchev–Trinajstić information content (AvgIpc) is 2.94.